The third-order valence-electron chi connectivity index (χ3n) is 5.01. The molecule has 3 rings (SSSR count). The Hall–Kier alpha value is -1.89. The molecular formula is C19H28N4O2. The fourth-order valence-electron chi connectivity index (χ4n) is 3.52. The highest BCUT2D eigenvalue weighted by Gasteiger charge is 2.20. The quantitative estimate of drug-likeness (QED) is 0.832. The highest BCUT2D eigenvalue weighted by Crippen LogP contribution is 2.18. The number of hydrogen-bond donors (Lipinski definition) is 2. The molecule has 1 aliphatic rings. The molecule has 1 aromatic heterocycles. The van der Waals surface area contributed by atoms with Crippen molar-refractivity contribution in [3.8, 4) is 5.75 Å². The van der Waals surface area contributed by atoms with Crippen molar-refractivity contribution in [1.82, 2.24) is 19.6 Å². The van der Waals surface area contributed by atoms with Gasteiger partial charge in [0.05, 0.1) is 18.8 Å². The summed E-state index contributed by atoms with van der Waals surface area (Å²) >= 11 is 0. The molecule has 6 nitrogen and oxygen atoms in total. The van der Waals surface area contributed by atoms with Crippen LogP contribution < -0.4 is 0 Å². The van der Waals surface area contributed by atoms with E-state index in [0.29, 0.717) is 12.3 Å². The predicted octanol–water partition coefficient (Wildman–Crippen LogP) is 1.52. The van der Waals surface area contributed by atoms with Crippen molar-refractivity contribution < 1.29 is 10.2 Å². The summed E-state index contributed by atoms with van der Waals surface area (Å²) in [6.07, 6.45) is 0. The maximum atomic E-state index is 9.59. The Labute approximate surface area is 149 Å². The number of aryl methyl sites for hydroxylation is 1. The third kappa shape index (κ3) is 4.39. The van der Waals surface area contributed by atoms with Crippen LogP contribution in [0.1, 0.15) is 22.5 Å². The summed E-state index contributed by atoms with van der Waals surface area (Å²) in [5.74, 6) is 0.335. The van der Waals surface area contributed by atoms with Gasteiger partial charge in [-0.25, -0.2) is 0 Å². The number of aromatic nitrogens is 2. The summed E-state index contributed by atoms with van der Waals surface area (Å²) in [7, 11) is 0. The maximum Gasteiger partial charge on any atom is 0.115 e. The fraction of sp³-hybridized carbons (Fsp3) is 0.526. The first kappa shape index (κ1) is 17.9. The van der Waals surface area contributed by atoms with Gasteiger partial charge in [-0.3, -0.25) is 14.5 Å². The lowest BCUT2D eigenvalue weighted by atomic mass is 10.1. The van der Waals surface area contributed by atoms with Crippen LogP contribution in [0.5, 0.6) is 5.75 Å². The van der Waals surface area contributed by atoms with Crippen molar-refractivity contribution in [2.24, 2.45) is 0 Å². The molecule has 1 saturated heterocycles. The Kier molecular flexibility index (Phi) is 5.73. The molecule has 2 aromatic rings. The van der Waals surface area contributed by atoms with E-state index in [1.54, 1.807) is 6.07 Å². The van der Waals surface area contributed by atoms with Crippen molar-refractivity contribution in [3.63, 3.8) is 0 Å². The Morgan fingerprint density at radius 2 is 1.72 bits per heavy atom. The van der Waals surface area contributed by atoms with E-state index in [-0.39, 0.29) is 6.61 Å². The van der Waals surface area contributed by atoms with Crippen molar-refractivity contribution in [1.29, 1.82) is 0 Å². The molecule has 2 N–H and O–H groups in total. The second-order valence-electron chi connectivity index (χ2n) is 6.82. The van der Waals surface area contributed by atoms with E-state index >= 15 is 0 Å². The van der Waals surface area contributed by atoms with Crippen LogP contribution in [0, 0.1) is 13.8 Å². The van der Waals surface area contributed by atoms with E-state index < -0.39 is 0 Å². The van der Waals surface area contributed by atoms with Crippen LogP contribution in [0.25, 0.3) is 0 Å². The summed E-state index contributed by atoms with van der Waals surface area (Å²) in [5, 5.41) is 23.3. The van der Waals surface area contributed by atoms with Crippen molar-refractivity contribution in [3.05, 3.63) is 46.8 Å². The van der Waals surface area contributed by atoms with E-state index in [1.165, 1.54) is 5.56 Å². The summed E-state index contributed by atoms with van der Waals surface area (Å²) < 4.78 is 1.91. The molecule has 6 heteroatoms. The van der Waals surface area contributed by atoms with Crippen LogP contribution in [-0.2, 0) is 19.6 Å². The first-order chi connectivity index (χ1) is 12.1. The summed E-state index contributed by atoms with van der Waals surface area (Å²) in [4.78, 5) is 4.90. The molecule has 1 aliphatic heterocycles. The van der Waals surface area contributed by atoms with Gasteiger partial charge in [0.1, 0.15) is 5.75 Å². The number of rotatable bonds is 6. The van der Waals surface area contributed by atoms with Gasteiger partial charge < -0.3 is 10.2 Å². The van der Waals surface area contributed by atoms with E-state index in [4.69, 9.17) is 5.11 Å². The number of phenolic OH excluding ortho intramolecular Hbond substituents is 1. The van der Waals surface area contributed by atoms with Gasteiger partial charge in [0.2, 0.25) is 0 Å². The van der Waals surface area contributed by atoms with Gasteiger partial charge in [-0.15, -0.1) is 0 Å². The van der Waals surface area contributed by atoms with Gasteiger partial charge in [0, 0.05) is 50.5 Å². The summed E-state index contributed by atoms with van der Waals surface area (Å²) in [6.45, 7) is 10.7. The lowest BCUT2D eigenvalue weighted by Gasteiger charge is -2.34. The maximum absolute atomic E-state index is 9.59. The molecule has 1 fully saturated rings. The molecule has 25 heavy (non-hydrogen) atoms. The zero-order valence-corrected chi connectivity index (χ0v) is 15.1. The second kappa shape index (κ2) is 7.99. The average Bonchev–Trinajstić information content (AvgIpc) is 2.85. The molecule has 0 spiro atoms. The topological polar surface area (TPSA) is 64.8 Å². The van der Waals surface area contributed by atoms with E-state index in [0.717, 1.165) is 56.2 Å². The number of aromatic hydroxyl groups is 1. The second-order valence-corrected chi connectivity index (χ2v) is 6.82. The van der Waals surface area contributed by atoms with Crippen LogP contribution in [0.3, 0.4) is 0 Å². The molecule has 0 aliphatic carbocycles. The van der Waals surface area contributed by atoms with Gasteiger partial charge >= 0.3 is 0 Å². The summed E-state index contributed by atoms with van der Waals surface area (Å²) in [6, 6.07) is 7.52. The van der Waals surface area contributed by atoms with Crippen LogP contribution >= 0.6 is 0 Å². The molecular weight excluding hydrogens is 316 g/mol. The van der Waals surface area contributed by atoms with Crippen molar-refractivity contribution in [2.45, 2.75) is 33.5 Å². The van der Waals surface area contributed by atoms with E-state index in [1.807, 2.05) is 23.7 Å². The smallest absolute Gasteiger partial charge is 0.115 e. The first-order valence-corrected chi connectivity index (χ1v) is 8.93. The van der Waals surface area contributed by atoms with Gasteiger partial charge in [0.25, 0.3) is 0 Å². The molecule has 2 heterocycles. The van der Waals surface area contributed by atoms with Crippen molar-refractivity contribution >= 4 is 0 Å². The number of aliphatic hydroxyl groups excluding tert-OH is 1. The van der Waals surface area contributed by atoms with Gasteiger partial charge in [-0.2, -0.15) is 5.10 Å². The average molecular weight is 344 g/mol. The number of piperazine rings is 1. The first-order valence-electron chi connectivity index (χ1n) is 8.93. The van der Waals surface area contributed by atoms with Gasteiger partial charge in [-0.1, -0.05) is 12.1 Å². The van der Waals surface area contributed by atoms with Crippen molar-refractivity contribution in [2.75, 3.05) is 32.8 Å². The standard InChI is InChI=1S/C19H28N4O2/c1-15-19(16(2)23(20-15)10-11-24)14-22-8-6-21(7-9-22)13-17-4-3-5-18(25)12-17/h3-5,12,24-25H,6-11,13-14H2,1-2H3. The van der Waals surface area contributed by atoms with Crippen LogP contribution in [0.15, 0.2) is 24.3 Å². The number of aliphatic hydroxyl groups is 1. The fourth-order valence-corrected chi connectivity index (χ4v) is 3.52. The molecule has 0 amide bonds. The number of hydrogen-bond acceptors (Lipinski definition) is 5. The van der Waals surface area contributed by atoms with Crippen LogP contribution in [-0.4, -0.2) is 62.6 Å². The number of phenols is 1. The van der Waals surface area contributed by atoms with E-state index in [9.17, 15) is 5.11 Å². The number of nitrogens with zero attached hydrogens (tertiary/aromatic N) is 4. The minimum atomic E-state index is 0.120. The lowest BCUT2D eigenvalue weighted by molar-refractivity contribution is 0.121. The molecule has 0 radical (unpaired) electrons. The molecule has 0 saturated carbocycles. The van der Waals surface area contributed by atoms with Gasteiger partial charge in [0.15, 0.2) is 0 Å². The molecule has 1 aromatic carbocycles. The highest BCUT2D eigenvalue weighted by molar-refractivity contribution is 5.27. The molecule has 0 unspecified atom stereocenters. The molecule has 0 bridgehead atoms. The highest BCUT2D eigenvalue weighted by atomic mass is 16.3. The van der Waals surface area contributed by atoms with Crippen LogP contribution in [0.2, 0.25) is 0 Å². The number of benzene rings is 1. The Balaban J connectivity index is 1.54. The normalized spacial score (nSPS) is 16.4. The monoisotopic (exact) mass is 344 g/mol. The predicted molar refractivity (Wildman–Crippen MR) is 97.4 cm³/mol. The largest absolute Gasteiger partial charge is 0.508 e. The zero-order valence-electron chi connectivity index (χ0n) is 15.1. The third-order valence-corrected chi connectivity index (χ3v) is 5.01. The van der Waals surface area contributed by atoms with E-state index in [2.05, 4.69) is 27.9 Å². The lowest BCUT2D eigenvalue weighted by Crippen LogP contribution is -2.45. The zero-order chi connectivity index (χ0) is 17.8. The Morgan fingerprint density at radius 1 is 1.04 bits per heavy atom. The minimum Gasteiger partial charge on any atom is -0.508 e. The Morgan fingerprint density at radius 3 is 2.36 bits per heavy atom. The summed E-state index contributed by atoms with van der Waals surface area (Å²) in [5.41, 5.74) is 4.67. The Bertz CT molecular complexity index is 705. The minimum absolute atomic E-state index is 0.120. The SMILES string of the molecule is Cc1nn(CCO)c(C)c1CN1CCN(Cc2cccc(O)c2)CC1. The van der Waals surface area contributed by atoms with Gasteiger partial charge in [-0.05, 0) is 31.5 Å². The van der Waals surface area contributed by atoms with Crippen LogP contribution in [0.4, 0.5) is 0 Å². The molecule has 136 valence electrons. The molecule has 0 atom stereocenters.